The number of carbonyl (C=O) groups excluding carboxylic acids is 1. The molecule has 4 aromatic rings. The number of benzene rings is 2. The SMILES string of the molecule is O=C(c1cc2ccccc2o1)N1CC(n2cc(COc3ccccc3)nn2)C1. The average Bonchev–Trinajstić information content (AvgIpc) is 3.33. The van der Waals surface area contributed by atoms with Crippen molar-refractivity contribution in [3.05, 3.63) is 78.3 Å². The number of hydrogen-bond donors (Lipinski definition) is 0. The first-order valence-electron chi connectivity index (χ1n) is 9.13. The average molecular weight is 374 g/mol. The highest BCUT2D eigenvalue weighted by atomic mass is 16.5. The second kappa shape index (κ2) is 6.84. The molecule has 0 unspecified atom stereocenters. The normalized spacial score (nSPS) is 14.2. The van der Waals surface area contributed by atoms with Crippen molar-refractivity contribution in [2.24, 2.45) is 0 Å². The van der Waals surface area contributed by atoms with Crippen molar-refractivity contribution in [2.45, 2.75) is 12.6 Å². The highest BCUT2D eigenvalue weighted by Crippen LogP contribution is 2.26. The Morgan fingerprint density at radius 2 is 1.89 bits per heavy atom. The number of likely N-dealkylation sites (tertiary alicyclic amines) is 1. The van der Waals surface area contributed by atoms with Gasteiger partial charge in [-0.15, -0.1) is 5.10 Å². The lowest BCUT2D eigenvalue weighted by atomic mass is 10.1. The van der Waals surface area contributed by atoms with E-state index in [0.717, 1.165) is 22.4 Å². The lowest BCUT2D eigenvalue weighted by molar-refractivity contribution is 0.0469. The summed E-state index contributed by atoms with van der Waals surface area (Å²) >= 11 is 0. The maximum absolute atomic E-state index is 12.6. The van der Waals surface area contributed by atoms with Gasteiger partial charge in [0.1, 0.15) is 23.6 Å². The summed E-state index contributed by atoms with van der Waals surface area (Å²) in [5, 5.41) is 9.27. The number of carbonyl (C=O) groups is 1. The van der Waals surface area contributed by atoms with Crippen molar-refractivity contribution < 1.29 is 13.9 Å². The number of aromatic nitrogens is 3. The fraction of sp³-hybridized carbons (Fsp3) is 0.190. The molecule has 2 aromatic heterocycles. The van der Waals surface area contributed by atoms with Crippen LogP contribution in [-0.2, 0) is 6.61 Å². The zero-order chi connectivity index (χ0) is 18.9. The lowest BCUT2D eigenvalue weighted by Gasteiger charge is -2.38. The third kappa shape index (κ3) is 3.11. The first-order chi connectivity index (χ1) is 13.8. The third-order valence-electron chi connectivity index (χ3n) is 4.85. The Labute approximate surface area is 161 Å². The Morgan fingerprint density at radius 1 is 1.11 bits per heavy atom. The molecule has 0 N–H and O–H groups in total. The van der Waals surface area contributed by atoms with Crippen molar-refractivity contribution in [2.75, 3.05) is 13.1 Å². The van der Waals surface area contributed by atoms with Crippen LogP contribution in [0.5, 0.6) is 5.75 Å². The molecule has 7 heteroatoms. The number of nitrogens with zero attached hydrogens (tertiary/aromatic N) is 4. The van der Waals surface area contributed by atoms with Crippen LogP contribution >= 0.6 is 0 Å². The molecule has 3 heterocycles. The van der Waals surface area contributed by atoms with Gasteiger partial charge in [0.25, 0.3) is 5.91 Å². The molecule has 7 nitrogen and oxygen atoms in total. The Balaban J connectivity index is 1.19. The summed E-state index contributed by atoms with van der Waals surface area (Å²) < 4.78 is 13.2. The molecule has 5 rings (SSSR count). The Morgan fingerprint density at radius 3 is 2.71 bits per heavy atom. The summed E-state index contributed by atoms with van der Waals surface area (Å²) in [6.45, 7) is 1.52. The topological polar surface area (TPSA) is 73.4 Å². The van der Waals surface area contributed by atoms with Crippen LogP contribution in [0.25, 0.3) is 11.0 Å². The number of hydrogen-bond acceptors (Lipinski definition) is 5. The van der Waals surface area contributed by atoms with Crippen molar-refractivity contribution in [1.29, 1.82) is 0 Å². The van der Waals surface area contributed by atoms with Crippen LogP contribution in [0.3, 0.4) is 0 Å². The molecule has 0 bridgehead atoms. The van der Waals surface area contributed by atoms with Crippen LogP contribution in [0, 0.1) is 0 Å². The van der Waals surface area contributed by atoms with E-state index in [4.69, 9.17) is 9.15 Å². The van der Waals surface area contributed by atoms with Crippen LogP contribution < -0.4 is 4.74 Å². The lowest BCUT2D eigenvalue weighted by Crippen LogP contribution is -2.50. The maximum atomic E-state index is 12.6. The minimum absolute atomic E-state index is 0.0970. The molecular formula is C21H18N4O3. The zero-order valence-corrected chi connectivity index (χ0v) is 15.1. The minimum Gasteiger partial charge on any atom is -0.487 e. The summed E-state index contributed by atoms with van der Waals surface area (Å²) in [6, 6.07) is 19.1. The van der Waals surface area contributed by atoms with Crippen LogP contribution in [-0.4, -0.2) is 38.9 Å². The van der Waals surface area contributed by atoms with Crippen LogP contribution in [0.15, 0.2) is 71.3 Å². The summed E-state index contributed by atoms with van der Waals surface area (Å²) in [5.41, 5.74) is 1.48. The Bertz CT molecular complexity index is 1080. The quantitative estimate of drug-likeness (QED) is 0.536. The van der Waals surface area contributed by atoms with Gasteiger partial charge in [0.05, 0.1) is 12.2 Å². The van der Waals surface area contributed by atoms with E-state index in [9.17, 15) is 4.79 Å². The van der Waals surface area contributed by atoms with Crippen molar-refractivity contribution in [3.8, 4) is 5.75 Å². The highest BCUT2D eigenvalue weighted by molar-refractivity contribution is 5.96. The first kappa shape index (κ1) is 16.6. The van der Waals surface area contributed by atoms with Gasteiger partial charge in [-0.05, 0) is 24.3 Å². The molecule has 0 aliphatic carbocycles. The molecule has 0 saturated carbocycles. The highest BCUT2D eigenvalue weighted by Gasteiger charge is 2.34. The maximum Gasteiger partial charge on any atom is 0.289 e. The minimum atomic E-state index is -0.0970. The van der Waals surface area contributed by atoms with Gasteiger partial charge in [0.2, 0.25) is 0 Å². The second-order valence-electron chi connectivity index (χ2n) is 6.80. The molecule has 0 atom stereocenters. The zero-order valence-electron chi connectivity index (χ0n) is 15.1. The molecule has 28 heavy (non-hydrogen) atoms. The van der Waals surface area contributed by atoms with Crippen LogP contribution in [0.1, 0.15) is 22.3 Å². The molecule has 2 aromatic carbocycles. The smallest absolute Gasteiger partial charge is 0.289 e. The standard InChI is InChI=1S/C21H18N4O3/c26-21(20-10-15-6-4-5-9-19(15)28-20)24-12-17(13-24)25-11-16(22-23-25)14-27-18-7-2-1-3-8-18/h1-11,17H,12-14H2. The summed E-state index contributed by atoms with van der Waals surface area (Å²) in [4.78, 5) is 14.4. The fourth-order valence-corrected chi connectivity index (χ4v) is 3.26. The van der Waals surface area contributed by atoms with Crippen molar-refractivity contribution in [1.82, 2.24) is 19.9 Å². The van der Waals surface area contributed by atoms with E-state index < -0.39 is 0 Å². The van der Waals surface area contributed by atoms with E-state index >= 15 is 0 Å². The van der Waals surface area contributed by atoms with Crippen molar-refractivity contribution in [3.63, 3.8) is 0 Å². The molecule has 0 radical (unpaired) electrons. The number of furan rings is 1. The third-order valence-corrected chi connectivity index (χ3v) is 4.85. The number of amides is 1. The molecule has 1 amide bonds. The van der Waals surface area contributed by atoms with E-state index in [2.05, 4.69) is 10.3 Å². The Kier molecular flexibility index (Phi) is 4.05. The number of fused-ring (bicyclic) bond motifs is 1. The van der Waals surface area contributed by atoms with E-state index in [1.165, 1.54) is 0 Å². The van der Waals surface area contributed by atoms with Gasteiger partial charge in [0.15, 0.2) is 5.76 Å². The molecule has 1 saturated heterocycles. The van der Waals surface area contributed by atoms with Gasteiger partial charge >= 0.3 is 0 Å². The van der Waals surface area contributed by atoms with Gasteiger partial charge in [-0.3, -0.25) is 4.79 Å². The Hall–Kier alpha value is -3.61. The van der Waals surface area contributed by atoms with Crippen LogP contribution in [0.2, 0.25) is 0 Å². The van der Waals surface area contributed by atoms with Crippen LogP contribution in [0.4, 0.5) is 0 Å². The van der Waals surface area contributed by atoms with Gasteiger partial charge < -0.3 is 14.1 Å². The van der Waals surface area contributed by atoms with Crippen molar-refractivity contribution >= 4 is 16.9 Å². The fourth-order valence-electron chi connectivity index (χ4n) is 3.26. The monoisotopic (exact) mass is 374 g/mol. The van der Waals surface area contributed by atoms with E-state index in [-0.39, 0.29) is 11.9 Å². The summed E-state index contributed by atoms with van der Waals surface area (Å²) in [5.74, 6) is 1.07. The van der Waals surface area contributed by atoms with E-state index in [1.54, 1.807) is 15.6 Å². The van der Waals surface area contributed by atoms with E-state index in [1.807, 2.05) is 60.8 Å². The van der Waals surface area contributed by atoms with Gasteiger partial charge in [-0.2, -0.15) is 0 Å². The summed E-state index contributed by atoms with van der Waals surface area (Å²) in [6.07, 6.45) is 1.87. The number of rotatable bonds is 5. The molecule has 1 fully saturated rings. The predicted molar refractivity (Wildman–Crippen MR) is 102 cm³/mol. The largest absolute Gasteiger partial charge is 0.487 e. The molecule has 1 aliphatic heterocycles. The molecule has 140 valence electrons. The van der Waals surface area contributed by atoms with Gasteiger partial charge in [0, 0.05) is 18.5 Å². The first-order valence-corrected chi connectivity index (χ1v) is 9.13. The molecule has 0 spiro atoms. The molecule has 1 aliphatic rings. The second-order valence-corrected chi connectivity index (χ2v) is 6.80. The van der Waals surface area contributed by atoms with E-state index in [0.29, 0.717) is 25.5 Å². The predicted octanol–water partition coefficient (Wildman–Crippen LogP) is 3.30. The van der Waals surface area contributed by atoms with Gasteiger partial charge in [-0.25, -0.2) is 4.68 Å². The number of para-hydroxylation sites is 2. The summed E-state index contributed by atoms with van der Waals surface area (Å²) in [7, 11) is 0. The molecular weight excluding hydrogens is 356 g/mol. The van der Waals surface area contributed by atoms with Gasteiger partial charge in [-0.1, -0.05) is 41.6 Å². The number of ether oxygens (including phenoxy) is 1.